The van der Waals surface area contributed by atoms with Gasteiger partial charge in [0.1, 0.15) is 5.82 Å². The number of hydrogen-bond acceptors (Lipinski definition) is 4. The number of aromatic nitrogens is 1. The van der Waals surface area contributed by atoms with Crippen molar-refractivity contribution in [1.82, 2.24) is 10.3 Å². The number of nitrogens with one attached hydrogen (secondary N) is 1. The number of carbonyl (C=O) groups excluding carboxylic acids is 1. The Labute approximate surface area is 193 Å². The second-order valence-corrected chi connectivity index (χ2v) is 10.1. The fourth-order valence-corrected chi connectivity index (χ4v) is 6.67. The maximum atomic E-state index is 13.9. The van der Waals surface area contributed by atoms with Gasteiger partial charge in [-0.1, -0.05) is 19.1 Å². The number of aliphatic hydroxyl groups excluding tert-OH is 2. The van der Waals surface area contributed by atoms with E-state index in [0.29, 0.717) is 23.3 Å². The van der Waals surface area contributed by atoms with Crippen LogP contribution in [0.3, 0.4) is 0 Å². The van der Waals surface area contributed by atoms with Crippen LogP contribution in [0.4, 0.5) is 4.39 Å². The van der Waals surface area contributed by atoms with Gasteiger partial charge in [-0.15, -0.1) is 0 Å². The SMILES string of the molecule is C[C@]12CC[C@@H]3c4ccc(C(=O)NC[C@H](O)CO)cc4CC[C@H]3[C@@H]1CC=C2c1cncc(F)c1. The number of rotatable bonds is 5. The van der Waals surface area contributed by atoms with Crippen LogP contribution >= 0.6 is 0 Å². The molecule has 1 aromatic carbocycles. The lowest BCUT2D eigenvalue weighted by molar-refractivity contribution is 0.0801. The van der Waals surface area contributed by atoms with Crippen molar-refractivity contribution < 1.29 is 19.4 Å². The van der Waals surface area contributed by atoms with Crippen LogP contribution < -0.4 is 5.32 Å². The summed E-state index contributed by atoms with van der Waals surface area (Å²) in [5.41, 5.74) is 5.41. The monoisotopic (exact) mass is 450 g/mol. The molecule has 5 rings (SSSR count). The zero-order valence-electron chi connectivity index (χ0n) is 18.9. The first-order valence-corrected chi connectivity index (χ1v) is 11.9. The Morgan fingerprint density at radius 1 is 1.30 bits per heavy atom. The van der Waals surface area contributed by atoms with E-state index in [1.54, 1.807) is 12.3 Å². The van der Waals surface area contributed by atoms with Crippen LogP contribution in [0.25, 0.3) is 5.57 Å². The van der Waals surface area contributed by atoms with E-state index in [9.17, 15) is 14.3 Å². The molecule has 1 fully saturated rings. The highest BCUT2D eigenvalue weighted by atomic mass is 19.1. The third-order valence-corrected chi connectivity index (χ3v) is 8.29. The van der Waals surface area contributed by atoms with E-state index >= 15 is 0 Å². The van der Waals surface area contributed by atoms with Crippen molar-refractivity contribution in [2.45, 2.75) is 51.0 Å². The molecule has 0 unspecified atom stereocenters. The maximum absolute atomic E-state index is 13.9. The molecule has 1 aromatic heterocycles. The van der Waals surface area contributed by atoms with E-state index < -0.39 is 6.10 Å². The van der Waals surface area contributed by atoms with Crippen molar-refractivity contribution in [3.8, 4) is 0 Å². The topological polar surface area (TPSA) is 82.5 Å². The van der Waals surface area contributed by atoms with E-state index in [1.807, 2.05) is 12.1 Å². The van der Waals surface area contributed by atoms with Crippen molar-refractivity contribution in [2.24, 2.45) is 17.3 Å². The van der Waals surface area contributed by atoms with Gasteiger partial charge in [0.25, 0.3) is 5.91 Å². The van der Waals surface area contributed by atoms with E-state index in [1.165, 1.54) is 22.9 Å². The number of fused-ring (bicyclic) bond motifs is 5. The van der Waals surface area contributed by atoms with Crippen LogP contribution in [0.1, 0.15) is 65.6 Å². The standard InChI is InChI=1S/C27H31FN2O3/c1-27-9-8-22-21-4-3-17(26(33)30-14-20(32)15-31)10-16(21)2-5-23(22)25(27)7-6-24(27)18-11-19(28)13-29-12-18/h3-4,6,10-13,20,22-23,25,31-32H,2,5,7-9,14-15H2,1H3,(H,30,33)/t20-,22+,23+,25-,27+/m0/s1. The third kappa shape index (κ3) is 3.89. The van der Waals surface area contributed by atoms with Gasteiger partial charge in [0.2, 0.25) is 0 Å². The van der Waals surface area contributed by atoms with Crippen molar-refractivity contribution >= 4 is 11.5 Å². The molecule has 2 aromatic rings. The van der Waals surface area contributed by atoms with Gasteiger partial charge in [-0.25, -0.2) is 4.39 Å². The van der Waals surface area contributed by atoms with Gasteiger partial charge in [0.15, 0.2) is 0 Å². The normalized spacial score (nSPS) is 28.8. The number of aliphatic hydroxyl groups is 2. The predicted molar refractivity (Wildman–Crippen MR) is 124 cm³/mol. The predicted octanol–water partition coefficient (Wildman–Crippen LogP) is 3.85. The molecule has 0 aliphatic heterocycles. The van der Waals surface area contributed by atoms with Gasteiger partial charge in [-0.2, -0.15) is 0 Å². The number of aryl methyl sites for hydroxylation is 1. The smallest absolute Gasteiger partial charge is 0.251 e. The summed E-state index contributed by atoms with van der Waals surface area (Å²) in [4.78, 5) is 16.6. The number of nitrogens with zero attached hydrogens (tertiary/aromatic N) is 1. The Bertz CT molecular complexity index is 1100. The second kappa shape index (κ2) is 8.65. The molecule has 0 saturated heterocycles. The van der Waals surface area contributed by atoms with Crippen LogP contribution in [0, 0.1) is 23.1 Å². The number of amides is 1. The van der Waals surface area contributed by atoms with Gasteiger partial charge in [0, 0.05) is 18.3 Å². The summed E-state index contributed by atoms with van der Waals surface area (Å²) in [5.74, 6) is 1.08. The minimum absolute atomic E-state index is 0.0353. The first-order valence-electron chi connectivity index (χ1n) is 11.9. The minimum atomic E-state index is -0.947. The van der Waals surface area contributed by atoms with E-state index in [4.69, 9.17) is 5.11 Å². The average Bonchev–Trinajstić information content (AvgIpc) is 3.19. The van der Waals surface area contributed by atoms with Gasteiger partial charge >= 0.3 is 0 Å². The largest absolute Gasteiger partial charge is 0.394 e. The van der Waals surface area contributed by atoms with Crippen molar-refractivity contribution in [1.29, 1.82) is 0 Å². The lowest BCUT2D eigenvalue weighted by atomic mass is 9.54. The summed E-state index contributed by atoms with van der Waals surface area (Å²) in [6.07, 6.45) is 9.61. The molecule has 1 amide bonds. The van der Waals surface area contributed by atoms with Crippen LogP contribution in [-0.2, 0) is 6.42 Å². The summed E-state index contributed by atoms with van der Waals surface area (Å²) in [5, 5.41) is 21.1. The van der Waals surface area contributed by atoms with Crippen LogP contribution in [-0.4, -0.2) is 40.4 Å². The molecule has 1 saturated carbocycles. The zero-order valence-corrected chi connectivity index (χ0v) is 18.9. The van der Waals surface area contributed by atoms with Crippen molar-refractivity contribution in [3.63, 3.8) is 0 Å². The zero-order chi connectivity index (χ0) is 23.2. The third-order valence-electron chi connectivity index (χ3n) is 8.29. The molecule has 5 atom stereocenters. The number of carbonyl (C=O) groups is 1. The lowest BCUT2D eigenvalue weighted by Crippen LogP contribution is -2.41. The van der Waals surface area contributed by atoms with Crippen LogP contribution in [0.5, 0.6) is 0 Å². The summed E-state index contributed by atoms with van der Waals surface area (Å²) in [6.45, 7) is 2.01. The minimum Gasteiger partial charge on any atom is -0.394 e. The number of pyridine rings is 1. The van der Waals surface area contributed by atoms with Crippen LogP contribution in [0.2, 0.25) is 0 Å². The summed E-state index contributed by atoms with van der Waals surface area (Å²) in [7, 11) is 0. The molecule has 0 bridgehead atoms. The Morgan fingerprint density at radius 2 is 2.15 bits per heavy atom. The molecular weight excluding hydrogens is 419 g/mol. The summed E-state index contributed by atoms with van der Waals surface area (Å²) < 4.78 is 13.9. The first kappa shape index (κ1) is 22.2. The molecule has 3 aliphatic rings. The Balaban J connectivity index is 1.35. The number of benzene rings is 1. The van der Waals surface area contributed by atoms with Crippen LogP contribution in [0.15, 0.2) is 42.7 Å². The highest BCUT2D eigenvalue weighted by Gasteiger charge is 2.52. The second-order valence-electron chi connectivity index (χ2n) is 10.1. The summed E-state index contributed by atoms with van der Waals surface area (Å²) >= 11 is 0. The lowest BCUT2D eigenvalue weighted by Gasteiger charge is -2.50. The molecule has 3 aliphatic carbocycles. The fourth-order valence-electron chi connectivity index (χ4n) is 6.67. The molecular formula is C27H31FN2O3. The fraction of sp³-hybridized carbons (Fsp3) is 0.481. The van der Waals surface area contributed by atoms with E-state index in [2.05, 4.69) is 29.4 Å². The molecule has 6 heteroatoms. The molecule has 3 N–H and O–H groups in total. The van der Waals surface area contributed by atoms with E-state index in [0.717, 1.165) is 37.7 Å². The number of hydrogen-bond donors (Lipinski definition) is 3. The Hall–Kier alpha value is -2.57. The Kier molecular flexibility index (Phi) is 5.83. The van der Waals surface area contributed by atoms with Gasteiger partial charge in [-0.05, 0) is 95.7 Å². The maximum Gasteiger partial charge on any atom is 0.251 e. The first-order chi connectivity index (χ1) is 15.9. The molecule has 1 heterocycles. The molecule has 174 valence electrons. The van der Waals surface area contributed by atoms with Gasteiger partial charge < -0.3 is 15.5 Å². The molecule has 0 radical (unpaired) electrons. The van der Waals surface area contributed by atoms with Crippen molar-refractivity contribution in [2.75, 3.05) is 13.2 Å². The molecule has 5 nitrogen and oxygen atoms in total. The molecule has 0 spiro atoms. The molecule has 33 heavy (non-hydrogen) atoms. The highest BCUT2D eigenvalue weighted by molar-refractivity contribution is 5.94. The van der Waals surface area contributed by atoms with Gasteiger partial charge in [0.05, 0.1) is 18.9 Å². The highest BCUT2D eigenvalue weighted by Crippen LogP contribution is 2.63. The summed E-state index contributed by atoms with van der Waals surface area (Å²) in [6, 6.07) is 7.61. The number of allylic oxidation sites excluding steroid dienone is 2. The Morgan fingerprint density at radius 3 is 2.94 bits per heavy atom. The van der Waals surface area contributed by atoms with Crippen molar-refractivity contribution in [3.05, 3.63) is 70.8 Å². The average molecular weight is 451 g/mol. The van der Waals surface area contributed by atoms with Gasteiger partial charge in [-0.3, -0.25) is 9.78 Å². The quantitative estimate of drug-likeness (QED) is 0.646. The van der Waals surface area contributed by atoms with E-state index in [-0.39, 0.29) is 30.3 Å². The number of halogens is 1.